The van der Waals surface area contributed by atoms with Crippen LogP contribution < -0.4 is 5.32 Å². The van der Waals surface area contributed by atoms with Gasteiger partial charge in [-0.25, -0.2) is 0 Å². The Bertz CT molecular complexity index is 261. The Kier molecular flexibility index (Phi) is 7.39. The van der Waals surface area contributed by atoms with Gasteiger partial charge in [0.2, 0.25) is 0 Å². The van der Waals surface area contributed by atoms with E-state index in [0.29, 0.717) is 12.5 Å². The second kappa shape index (κ2) is 8.54. The molecule has 4 heteroatoms. The van der Waals surface area contributed by atoms with Gasteiger partial charge in [-0.05, 0) is 26.3 Å². The number of hydrogen-bond donors (Lipinski definition) is 2. The maximum absolute atomic E-state index is 11.2. The number of carboxylic acid groups (broad SMARTS) is 1. The maximum atomic E-state index is 11.2. The van der Waals surface area contributed by atoms with Crippen LogP contribution in [0.4, 0.5) is 0 Å². The van der Waals surface area contributed by atoms with Crippen LogP contribution in [0.5, 0.6) is 0 Å². The molecule has 0 bridgehead atoms. The maximum Gasteiger partial charge on any atom is 0.320 e. The third-order valence-electron chi connectivity index (χ3n) is 4.05. The Balaban J connectivity index is 2.37. The van der Waals surface area contributed by atoms with Crippen LogP contribution in [-0.2, 0) is 4.79 Å². The molecule has 112 valence electrons. The zero-order chi connectivity index (χ0) is 14.3. The van der Waals surface area contributed by atoms with Gasteiger partial charge >= 0.3 is 5.97 Å². The molecule has 0 aromatic rings. The summed E-state index contributed by atoms with van der Waals surface area (Å²) in [7, 11) is 2.14. The van der Waals surface area contributed by atoms with Crippen molar-refractivity contribution in [1.29, 1.82) is 0 Å². The monoisotopic (exact) mass is 270 g/mol. The molecule has 19 heavy (non-hydrogen) atoms. The van der Waals surface area contributed by atoms with E-state index in [-0.39, 0.29) is 6.04 Å². The minimum atomic E-state index is -0.733. The second-order valence-electron chi connectivity index (χ2n) is 6.13. The van der Waals surface area contributed by atoms with Crippen LogP contribution in [0.1, 0.15) is 58.8 Å². The summed E-state index contributed by atoms with van der Waals surface area (Å²) in [4.78, 5) is 13.6. The Hall–Kier alpha value is -0.610. The summed E-state index contributed by atoms with van der Waals surface area (Å²) in [5.41, 5.74) is 0. The van der Waals surface area contributed by atoms with Crippen molar-refractivity contribution in [3.05, 3.63) is 0 Å². The Labute approximate surface area is 117 Å². The summed E-state index contributed by atoms with van der Waals surface area (Å²) in [6.45, 7) is 4.84. The molecule has 0 saturated heterocycles. The zero-order valence-electron chi connectivity index (χ0n) is 12.7. The van der Waals surface area contributed by atoms with Crippen molar-refractivity contribution in [2.45, 2.75) is 76.9 Å². The molecule has 1 rings (SSSR count). The van der Waals surface area contributed by atoms with E-state index in [9.17, 15) is 9.90 Å². The summed E-state index contributed by atoms with van der Waals surface area (Å²) in [5.74, 6) is -0.733. The minimum absolute atomic E-state index is 0.212. The Morgan fingerprint density at radius 3 is 2.32 bits per heavy atom. The fourth-order valence-electron chi connectivity index (χ4n) is 2.89. The van der Waals surface area contributed by atoms with E-state index < -0.39 is 12.0 Å². The molecule has 0 radical (unpaired) electrons. The molecule has 0 heterocycles. The van der Waals surface area contributed by atoms with Crippen LogP contribution in [0.2, 0.25) is 0 Å². The van der Waals surface area contributed by atoms with Gasteiger partial charge in [-0.2, -0.15) is 0 Å². The fourth-order valence-corrected chi connectivity index (χ4v) is 2.89. The van der Waals surface area contributed by atoms with Gasteiger partial charge in [0.1, 0.15) is 6.04 Å². The molecule has 1 unspecified atom stereocenters. The molecule has 0 aromatic heterocycles. The molecule has 1 atom stereocenters. The highest BCUT2D eigenvalue weighted by Gasteiger charge is 2.21. The van der Waals surface area contributed by atoms with Crippen LogP contribution in [0.25, 0.3) is 0 Å². The lowest BCUT2D eigenvalue weighted by atomic mass is 10.1. The van der Waals surface area contributed by atoms with Crippen molar-refractivity contribution in [2.75, 3.05) is 13.6 Å². The minimum Gasteiger partial charge on any atom is -0.480 e. The molecule has 0 spiro atoms. The van der Waals surface area contributed by atoms with E-state index in [1.165, 1.54) is 38.5 Å². The third kappa shape index (κ3) is 6.39. The molecule has 2 N–H and O–H groups in total. The fraction of sp³-hybridized carbons (Fsp3) is 0.933. The van der Waals surface area contributed by atoms with E-state index in [0.717, 1.165) is 6.54 Å². The quantitative estimate of drug-likeness (QED) is 0.698. The van der Waals surface area contributed by atoms with E-state index in [2.05, 4.69) is 17.3 Å². The molecule has 4 nitrogen and oxygen atoms in total. The molecule has 1 aliphatic rings. The van der Waals surface area contributed by atoms with Gasteiger partial charge in [-0.1, -0.05) is 39.5 Å². The number of carboxylic acids is 1. The van der Waals surface area contributed by atoms with Crippen LogP contribution in [0.3, 0.4) is 0 Å². The van der Waals surface area contributed by atoms with Crippen molar-refractivity contribution in [2.24, 2.45) is 0 Å². The number of aliphatic carboxylic acids is 1. The van der Waals surface area contributed by atoms with Gasteiger partial charge in [0.05, 0.1) is 0 Å². The lowest BCUT2D eigenvalue weighted by Gasteiger charge is -2.28. The largest absolute Gasteiger partial charge is 0.480 e. The molecule has 1 aliphatic carbocycles. The first kappa shape index (κ1) is 16.4. The van der Waals surface area contributed by atoms with Crippen molar-refractivity contribution >= 4 is 5.97 Å². The molecule has 1 saturated carbocycles. The SMILES string of the molecule is CC(C)NC(CCN(C)C1CCCCCC1)C(=O)O. The molecular formula is C15H30N2O2. The smallest absolute Gasteiger partial charge is 0.320 e. The van der Waals surface area contributed by atoms with Crippen LogP contribution in [0, 0.1) is 0 Å². The number of hydrogen-bond acceptors (Lipinski definition) is 3. The predicted molar refractivity (Wildman–Crippen MR) is 78.4 cm³/mol. The van der Waals surface area contributed by atoms with Gasteiger partial charge in [0, 0.05) is 18.6 Å². The summed E-state index contributed by atoms with van der Waals surface area (Å²) in [5, 5.41) is 12.3. The Morgan fingerprint density at radius 1 is 1.26 bits per heavy atom. The topological polar surface area (TPSA) is 52.6 Å². The molecule has 0 amide bonds. The van der Waals surface area contributed by atoms with Gasteiger partial charge in [0.25, 0.3) is 0 Å². The standard InChI is InChI=1S/C15H30N2O2/c1-12(2)16-14(15(18)19)10-11-17(3)13-8-6-4-5-7-9-13/h12-14,16H,4-11H2,1-3H3,(H,18,19). The summed E-state index contributed by atoms with van der Waals surface area (Å²) in [6, 6.07) is 0.438. The highest BCUT2D eigenvalue weighted by atomic mass is 16.4. The number of nitrogens with zero attached hydrogens (tertiary/aromatic N) is 1. The average Bonchev–Trinajstić information content (AvgIpc) is 2.62. The number of rotatable bonds is 7. The van der Waals surface area contributed by atoms with Gasteiger partial charge in [-0.15, -0.1) is 0 Å². The first-order valence-electron chi connectivity index (χ1n) is 7.69. The predicted octanol–water partition coefficient (Wildman–Crippen LogP) is 2.48. The van der Waals surface area contributed by atoms with Gasteiger partial charge < -0.3 is 15.3 Å². The number of nitrogens with one attached hydrogen (secondary N) is 1. The average molecular weight is 270 g/mol. The van der Waals surface area contributed by atoms with E-state index in [4.69, 9.17) is 0 Å². The van der Waals surface area contributed by atoms with E-state index >= 15 is 0 Å². The zero-order valence-corrected chi connectivity index (χ0v) is 12.7. The highest BCUT2D eigenvalue weighted by molar-refractivity contribution is 5.73. The lowest BCUT2D eigenvalue weighted by molar-refractivity contribution is -0.140. The third-order valence-corrected chi connectivity index (χ3v) is 4.05. The van der Waals surface area contributed by atoms with Crippen molar-refractivity contribution in [3.8, 4) is 0 Å². The van der Waals surface area contributed by atoms with Crippen molar-refractivity contribution in [3.63, 3.8) is 0 Å². The lowest BCUT2D eigenvalue weighted by Crippen LogP contribution is -2.44. The van der Waals surface area contributed by atoms with Crippen LogP contribution in [-0.4, -0.2) is 47.7 Å². The van der Waals surface area contributed by atoms with Crippen molar-refractivity contribution < 1.29 is 9.90 Å². The molecule has 1 fully saturated rings. The normalized spacial score (nSPS) is 19.6. The second-order valence-corrected chi connectivity index (χ2v) is 6.13. The van der Waals surface area contributed by atoms with Crippen LogP contribution >= 0.6 is 0 Å². The Morgan fingerprint density at radius 2 is 1.84 bits per heavy atom. The highest BCUT2D eigenvalue weighted by Crippen LogP contribution is 2.21. The molecule has 0 aliphatic heterocycles. The molecule has 0 aromatic carbocycles. The number of carbonyl (C=O) groups is 1. The van der Waals surface area contributed by atoms with Gasteiger partial charge in [0.15, 0.2) is 0 Å². The van der Waals surface area contributed by atoms with Crippen LogP contribution in [0.15, 0.2) is 0 Å². The van der Waals surface area contributed by atoms with Crippen molar-refractivity contribution in [1.82, 2.24) is 10.2 Å². The summed E-state index contributed by atoms with van der Waals surface area (Å²) in [6.07, 6.45) is 8.58. The summed E-state index contributed by atoms with van der Waals surface area (Å²) < 4.78 is 0. The van der Waals surface area contributed by atoms with E-state index in [1.807, 2.05) is 13.8 Å². The first-order valence-corrected chi connectivity index (χ1v) is 7.69. The summed E-state index contributed by atoms with van der Waals surface area (Å²) >= 11 is 0. The van der Waals surface area contributed by atoms with E-state index in [1.54, 1.807) is 0 Å². The molecular weight excluding hydrogens is 240 g/mol. The first-order chi connectivity index (χ1) is 9.00. The van der Waals surface area contributed by atoms with Gasteiger partial charge in [-0.3, -0.25) is 4.79 Å².